The molecule has 1 saturated heterocycles. The number of aryl methyl sites for hydroxylation is 1. The highest BCUT2D eigenvalue weighted by Crippen LogP contribution is 2.36. The van der Waals surface area contributed by atoms with Gasteiger partial charge in [0.05, 0.1) is 10.9 Å². The molecule has 0 unspecified atom stereocenters. The fraction of sp³-hybridized carbons (Fsp3) is 0.333. The minimum atomic E-state index is -3.86. The van der Waals surface area contributed by atoms with E-state index in [0.717, 1.165) is 30.3 Å². The highest BCUT2D eigenvalue weighted by molar-refractivity contribution is 7.89. The summed E-state index contributed by atoms with van der Waals surface area (Å²) in [5.74, 6) is -2.21. The van der Waals surface area contributed by atoms with Gasteiger partial charge < -0.3 is 4.57 Å². The second-order valence-electron chi connectivity index (χ2n) is 5.39. The standard InChI is InChI=1S/C15H16F2N2O2S/c1-18-8-2-4-14(18)15-5-3-9-19(15)22(20,21)11-6-7-12(16)13(17)10-11/h2,4,6-8,10,15H,3,5,9H2,1H3/t15-/m0/s1. The smallest absolute Gasteiger partial charge is 0.243 e. The van der Waals surface area contributed by atoms with Gasteiger partial charge in [-0.2, -0.15) is 4.31 Å². The SMILES string of the molecule is Cn1cccc1[C@@H]1CCCN1S(=O)(=O)c1ccc(F)c(F)c1. The molecule has 0 saturated carbocycles. The maximum Gasteiger partial charge on any atom is 0.243 e. The normalized spacial score (nSPS) is 19.7. The summed E-state index contributed by atoms with van der Waals surface area (Å²) in [5, 5.41) is 0. The van der Waals surface area contributed by atoms with Gasteiger partial charge in [0, 0.05) is 25.5 Å². The highest BCUT2D eigenvalue weighted by Gasteiger charge is 2.37. The molecule has 2 heterocycles. The van der Waals surface area contributed by atoms with E-state index in [2.05, 4.69) is 0 Å². The van der Waals surface area contributed by atoms with Gasteiger partial charge in [-0.1, -0.05) is 0 Å². The molecule has 4 nitrogen and oxygen atoms in total. The van der Waals surface area contributed by atoms with Crippen molar-refractivity contribution < 1.29 is 17.2 Å². The summed E-state index contributed by atoms with van der Waals surface area (Å²) in [4.78, 5) is -0.215. The van der Waals surface area contributed by atoms with Crippen LogP contribution in [0.15, 0.2) is 41.4 Å². The lowest BCUT2D eigenvalue weighted by Crippen LogP contribution is -2.31. The van der Waals surface area contributed by atoms with E-state index in [0.29, 0.717) is 13.0 Å². The molecule has 0 aliphatic carbocycles. The molecule has 3 rings (SSSR count). The van der Waals surface area contributed by atoms with Crippen LogP contribution in [0.3, 0.4) is 0 Å². The molecule has 1 aliphatic rings. The van der Waals surface area contributed by atoms with E-state index in [4.69, 9.17) is 0 Å². The van der Waals surface area contributed by atoms with Gasteiger partial charge in [-0.25, -0.2) is 17.2 Å². The highest BCUT2D eigenvalue weighted by atomic mass is 32.2. The van der Waals surface area contributed by atoms with E-state index < -0.39 is 21.7 Å². The molecule has 0 amide bonds. The molecule has 22 heavy (non-hydrogen) atoms. The number of rotatable bonds is 3. The molecule has 1 fully saturated rings. The summed E-state index contributed by atoms with van der Waals surface area (Å²) in [6, 6.07) is 6.15. The van der Waals surface area contributed by atoms with Gasteiger partial charge in [-0.3, -0.25) is 0 Å². The second kappa shape index (κ2) is 5.48. The third-order valence-electron chi connectivity index (χ3n) is 4.03. The number of hydrogen-bond acceptors (Lipinski definition) is 2. The number of sulfonamides is 1. The van der Waals surface area contributed by atoms with Crippen molar-refractivity contribution in [2.24, 2.45) is 7.05 Å². The van der Waals surface area contributed by atoms with E-state index in [1.165, 1.54) is 4.31 Å². The molecule has 0 N–H and O–H groups in total. The Balaban J connectivity index is 2.00. The topological polar surface area (TPSA) is 42.3 Å². The Kier molecular flexibility index (Phi) is 3.78. The summed E-state index contributed by atoms with van der Waals surface area (Å²) in [6.45, 7) is 0.372. The van der Waals surface area contributed by atoms with Gasteiger partial charge in [-0.15, -0.1) is 0 Å². The lowest BCUT2D eigenvalue weighted by molar-refractivity contribution is 0.384. The maximum absolute atomic E-state index is 13.4. The zero-order valence-corrected chi connectivity index (χ0v) is 12.9. The Morgan fingerprint density at radius 1 is 1.18 bits per heavy atom. The van der Waals surface area contributed by atoms with Crippen molar-refractivity contribution in [2.45, 2.75) is 23.8 Å². The Labute approximate surface area is 128 Å². The predicted octanol–water partition coefficient (Wildman–Crippen LogP) is 2.83. The van der Waals surface area contributed by atoms with Crippen LogP contribution in [0.25, 0.3) is 0 Å². The minimum absolute atomic E-state index is 0.215. The summed E-state index contributed by atoms with van der Waals surface area (Å²) in [5.41, 5.74) is 0.892. The number of aromatic nitrogens is 1. The van der Waals surface area contributed by atoms with Crippen LogP contribution in [0.5, 0.6) is 0 Å². The van der Waals surface area contributed by atoms with Crippen LogP contribution in [0.2, 0.25) is 0 Å². The second-order valence-corrected chi connectivity index (χ2v) is 7.28. The summed E-state index contributed by atoms with van der Waals surface area (Å²) in [7, 11) is -2.00. The monoisotopic (exact) mass is 326 g/mol. The van der Waals surface area contributed by atoms with Crippen LogP contribution in [-0.4, -0.2) is 23.8 Å². The van der Waals surface area contributed by atoms with E-state index in [1.54, 1.807) is 0 Å². The maximum atomic E-state index is 13.4. The molecule has 0 bridgehead atoms. The van der Waals surface area contributed by atoms with Crippen molar-refractivity contribution in [1.82, 2.24) is 8.87 Å². The van der Waals surface area contributed by atoms with Crippen molar-refractivity contribution >= 4 is 10.0 Å². The predicted molar refractivity (Wildman–Crippen MR) is 77.6 cm³/mol. The van der Waals surface area contributed by atoms with Gasteiger partial charge in [0.25, 0.3) is 0 Å². The van der Waals surface area contributed by atoms with Crippen molar-refractivity contribution in [1.29, 1.82) is 0 Å². The van der Waals surface area contributed by atoms with Crippen molar-refractivity contribution in [2.75, 3.05) is 6.54 Å². The molecule has 7 heteroatoms. The molecule has 2 aromatic rings. The Morgan fingerprint density at radius 2 is 1.95 bits per heavy atom. The van der Waals surface area contributed by atoms with Gasteiger partial charge in [0.1, 0.15) is 0 Å². The Morgan fingerprint density at radius 3 is 2.59 bits per heavy atom. The van der Waals surface area contributed by atoms with Crippen LogP contribution < -0.4 is 0 Å². The first-order valence-electron chi connectivity index (χ1n) is 6.99. The number of nitrogens with zero attached hydrogens (tertiary/aromatic N) is 2. The molecule has 0 spiro atoms. The van der Waals surface area contributed by atoms with Crippen molar-refractivity contribution in [3.63, 3.8) is 0 Å². The third kappa shape index (κ3) is 2.44. The lowest BCUT2D eigenvalue weighted by atomic mass is 10.1. The van der Waals surface area contributed by atoms with Gasteiger partial charge in [0.15, 0.2) is 11.6 Å². The van der Waals surface area contributed by atoms with Crippen molar-refractivity contribution in [3.05, 3.63) is 53.9 Å². The molecular weight excluding hydrogens is 310 g/mol. The zero-order chi connectivity index (χ0) is 15.9. The summed E-state index contributed by atoms with van der Waals surface area (Å²) in [6.07, 6.45) is 3.30. The van der Waals surface area contributed by atoms with Gasteiger partial charge in [-0.05, 0) is 43.2 Å². The first-order chi connectivity index (χ1) is 10.4. The van der Waals surface area contributed by atoms with E-state index in [-0.39, 0.29) is 10.9 Å². The number of benzene rings is 1. The van der Waals surface area contributed by atoms with E-state index in [9.17, 15) is 17.2 Å². The van der Waals surface area contributed by atoms with Gasteiger partial charge >= 0.3 is 0 Å². The fourth-order valence-electron chi connectivity index (χ4n) is 2.92. The van der Waals surface area contributed by atoms with Crippen molar-refractivity contribution in [3.8, 4) is 0 Å². The molecule has 1 aromatic heterocycles. The first kappa shape index (κ1) is 15.2. The third-order valence-corrected chi connectivity index (χ3v) is 5.93. The minimum Gasteiger partial charge on any atom is -0.353 e. The molecule has 1 aliphatic heterocycles. The van der Waals surface area contributed by atoms with Crippen LogP contribution in [-0.2, 0) is 17.1 Å². The lowest BCUT2D eigenvalue weighted by Gasteiger charge is -2.24. The molecule has 118 valence electrons. The fourth-order valence-corrected chi connectivity index (χ4v) is 4.60. The summed E-state index contributed by atoms with van der Waals surface area (Å²) < 4.78 is 55.1. The van der Waals surface area contributed by atoms with Crippen LogP contribution >= 0.6 is 0 Å². The molecular formula is C15H16F2N2O2S. The van der Waals surface area contributed by atoms with Crippen LogP contribution in [0.1, 0.15) is 24.6 Å². The molecule has 1 aromatic carbocycles. The average molecular weight is 326 g/mol. The number of hydrogen-bond donors (Lipinski definition) is 0. The zero-order valence-electron chi connectivity index (χ0n) is 12.0. The van der Waals surface area contributed by atoms with E-state index in [1.807, 2.05) is 29.9 Å². The van der Waals surface area contributed by atoms with Crippen LogP contribution in [0, 0.1) is 11.6 Å². The van der Waals surface area contributed by atoms with Gasteiger partial charge in [0.2, 0.25) is 10.0 Å². The Hall–Kier alpha value is -1.73. The Bertz CT molecular complexity index is 802. The molecule has 1 atom stereocenters. The quantitative estimate of drug-likeness (QED) is 0.870. The molecule has 0 radical (unpaired) electrons. The van der Waals surface area contributed by atoms with E-state index >= 15 is 0 Å². The summed E-state index contributed by atoms with van der Waals surface area (Å²) >= 11 is 0. The largest absolute Gasteiger partial charge is 0.353 e. The van der Waals surface area contributed by atoms with Crippen LogP contribution in [0.4, 0.5) is 8.78 Å². The average Bonchev–Trinajstić information content (AvgIpc) is 3.10. The number of halogens is 2. The first-order valence-corrected chi connectivity index (χ1v) is 8.43.